The van der Waals surface area contributed by atoms with Crippen LogP contribution in [0.4, 0.5) is 0 Å². The molecule has 0 fully saturated rings. The van der Waals surface area contributed by atoms with E-state index in [4.69, 9.17) is 4.74 Å². The van der Waals surface area contributed by atoms with Crippen molar-refractivity contribution in [2.24, 2.45) is 0 Å². The maximum atomic E-state index is 11.9. The van der Waals surface area contributed by atoms with Gasteiger partial charge in [-0.25, -0.2) is 4.98 Å². The number of hydrogen-bond acceptors (Lipinski definition) is 3. The largest absolute Gasteiger partial charge is 0.497 e. The van der Waals surface area contributed by atoms with Crippen LogP contribution in [0.3, 0.4) is 0 Å². The molecule has 0 aliphatic heterocycles. The van der Waals surface area contributed by atoms with Gasteiger partial charge in [-0.15, -0.1) is 0 Å². The maximum Gasteiger partial charge on any atom is 0.258 e. The van der Waals surface area contributed by atoms with E-state index in [9.17, 15) is 4.79 Å². The second-order valence-corrected chi connectivity index (χ2v) is 5.02. The van der Waals surface area contributed by atoms with E-state index in [-0.39, 0.29) is 11.0 Å². The number of pyridine rings is 1. The van der Waals surface area contributed by atoms with Gasteiger partial charge < -0.3 is 4.74 Å². The van der Waals surface area contributed by atoms with E-state index in [1.165, 1.54) is 4.40 Å². The number of nitrogens with zero attached hydrogens (tertiary/aromatic N) is 2. The third kappa shape index (κ3) is 2.16. The Kier molecular flexibility index (Phi) is 2.65. The molecule has 0 amide bonds. The highest BCUT2D eigenvalue weighted by molar-refractivity contribution is 5.45. The van der Waals surface area contributed by atoms with E-state index >= 15 is 0 Å². The summed E-state index contributed by atoms with van der Waals surface area (Å²) >= 11 is 0. The van der Waals surface area contributed by atoms with Crippen LogP contribution in [0.25, 0.3) is 5.65 Å². The topological polar surface area (TPSA) is 43.6 Å². The predicted octanol–water partition coefficient (Wildman–Crippen LogP) is 2.00. The predicted molar refractivity (Wildman–Crippen MR) is 66.7 cm³/mol. The average Bonchev–Trinajstić information content (AvgIpc) is 2.27. The summed E-state index contributed by atoms with van der Waals surface area (Å²) in [6.07, 6.45) is 1.68. The van der Waals surface area contributed by atoms with E-state index in [2.05, 4.69) is 4.98 Å². The first-order chi connectivity index (χ1) is 7.91. The van der Waals surface area contributed by atoms with E-state index in [1.807, 2.05) is 20.8 Å². The molecule has 0 aliphatic carbocycles. The minimum atomic E-state index is -0.142. The number of ether oxygens (including phenoxy) is 1. The summed E-state index contributed by atoms with van der Waals surface area (Å²) < 4.78 is 6.64. The van der Waals surface area contributed by atoms with E-state index in [0.717, 1.165) is 5.69 Å². The molecular weight excluding hydrogens is 216 g/mol. The quantitative estimate of drug-likeness (QED) is 0.755. The van der Waals surface area contributed by atoms with Gasteiger partial charge in [0.15, 0.2) is 0 Å². The standard InChI is InChI=1S/C13H16N2O2/c1-13(2,3)10-8-12(16)15-6-5-9(17-4)7-11(15)14-10/h5-8H,1-4H3. The zero-order valence-corrected chi connectivity index (χ0v) is 10.5. The molecule has 17 heavy (non-hydrogen) atoms. The number of methoxy groups -OCH3 is 1. The first-order valence-corrected chi connectivity index (χ1v) is 5.50. The Labute approximate surface area is 99.9 Å². The lowest BCUT2D eigenvalue weighted by Gasteiger charge is -2.17. The number of hydrogen-bond donors (Lipinski definition) is 0. The van der Waals surface area contributed by atoms with E-state index in [1.54, 1.807) is 31.5 Å². The molecule has 2 aromatic heterocycles. The molecule has 0 atom stereocenters. The first-order valence-electron chi connectivity index (χ1n) is 5.50. The van der Waals surface area contributed by atoms with Gasteiger partial charge in [0.2, 0.25) is 0 Å². The van der Waals surface area contributed by atoms with Crippen LogP contribution >= 0.6 is 0 Å². The molecule has 4 heteroatoms. The molecule has 2 aromatic rings. The highest BCUT2D eigenvalue weighted by Gasteiger charge is 2.17. The lowest BCUT2D eigenvalue weighted by atomic mass is 9.92. The van der Waals surface area contributed by atoms with Crippen molar-refractivity contribution in [1.82, 2.24) is 9.38 Å². The van der Waals surface area contributed by atoms with Crippen LogP contribution in [0.2, 0.25) is 0 Å². The molecule has 0 N–H and O–H groups in total. The van der Waals surface area contributed by atoms with Gasteiger partial charge in [0.1, 0.15) is 11.4 Å². The Morgan fingerprint density at radius 3 is 2.59 bits per heavy atom. The Morgan fingerprint density at radius 2 is 2.00 bits per heavy atom. The van der Waals surface area contributed by atoms with Gasteiger partial charge in [0, 0.05) is 23.7 Å². The van der Waals surface area contributed by atoms with E-state index in [0.29, 0.717) is 11.4 Å². The molecule has 90 valence electrons. The second kappa shape index (κ2) is 3.87. The Morgan fingerprint density at radius 1 is 1.29 bits per heavy atom. The van der Waals surface area contributed by atoms with Gasteiger partial charge in [0.05, 0.1) is 12.8 Å². The van der Waals surface area contributed by atoms with Crippen LogP contribution in [0.15, 0.2) is 29.2 Å². The smallest absolute Gasteiger partial charge is 0.258 e. The molecule has 0 unspecified atom stereocenters. The van der Waals surface area contributed by atoms with Crippen LogP contribution in [-0.4, -0.2) is 16.5 Å². The SMILES string of the molecule is COc1ccn2c(=O)cc(C(C)(C)C)nc2c1. The lowest BCUT2D eigenvalue weighted by molar-refractivity contribution is 0.414. The first kappa shape index (κ1) is 11.6. The molecule has 0 aliphatic rings. The van der Waals surface area contributed by atoms with Gasteiger partial charge >= 0.3 is 0 Å². The number of rotatable bonds is 1. The lowest BCUT2D eigenvalue weighted by Crippen LogP contribution is -2.21. The summed E-state index contributed by atoms with van der Waals surface area (Å²) in [5, 5.41) is 0. The maximum absolute atomic E-state index is 11.9. The van der Waals surface area contributed by atoms with Crippen LogP contribution in [0, 0.1) is 0 Å². The molecule has 0 saturated heterocycles. The van der Waals surface area contributed by atoms with Crippen molar-refractivity contribution in [1.29, 1.82) is 0 Å². The van der Waals surface area contributed by atoms with Gasteiger partial charge in [-0.2, -0.15) is 0 Å². The summed E-state index contributed by atoms with van der Waals surface area (Å²) in [5.41, 5.74) is 1.19. The Bertz CT molecular complexity index is 609. The van der Waals surface area contributed by atoms with Crippen molar-refractivity contribution < 1.29 is 4.74 Å². The molecular formula is C13H16N2O2. The van der Waals surface area contributed by atoms with Crippen molar-refractivity contribution in [3.63, 3.8) is 0 Å². The number of aromatic nitrogens is 2. The van der Waals surface area contributed by atoms with Crippen molar-refractivity contribution in [2.45, 2.75) is 26.2 Å². The van der Waals surface area contributed by atoms with Gasteiger partial charge in [-0.3, -0.25) is 9.20 Å². The van der Waals surface area contributed by atoms with Gasteiger partial charge in [-0.1, -0.05) is 20.8 Å². The van der Waals surface area contributed by atoms with Crippen LogP contribution in [-0.2, 0) is 5.41 Å². The zero-order chi connectivity index (χ0) is 12.6. The van der Waals surface area contributed by atoms with Crippen LogP contribution < -0.4 is 10.3 Å². The third-order valence-electron chi connectivity index (χ3n) is 2.64. The summed E-state index contributed by atoms with van der Waals surface area (Å²) in [4.78, 5) is 16.4. The average molecular weight is 232 g/mol. The fourth-order valence-corrected chi connectivity index (χ4v) is 1.60. The molecule has 0 spiro atoms. The van der Waals surface area contributed by atoms with Crippen molar-refractivity contribution >= 4 is 5.65 Å². The van der Waals surface area contributed by atoms with Crippen LogP contribution in [0.1, 0.15) is 26.5 Å². The normalized spacial score (nSPS) is 11.8. The highest BCUT2D eigenvalue weighted by atomic mass is 16.5. The molecule has 0 radical (unpaired) electrons. The summed E-state index contributed by atoms with van der Waals surface area (Å²) in [7, 11) is 1.59. The Balaban J connectivity index is 2.75. The fourth-order valence-electron chi connectivity index (χ4n) is 1.60. The minimum Gasteiger partial charge on any atom is -0.497 e. The van der Waals surface area contributed by atoms with Crippen LogP contribution in [0.5, 0.6) is 5.75 Å². The van der Waals surface area contributed by atoms with E-state index < -0.39 is 0 Å². The van der Waals surface area contributed by atoms with Crippen molar-refractivity contribution in [2.75, 3.05) is 7.11 Å². The highest BCUT2D eigenvalue weighted by Crippen LogP contribution is 2.20. The van der Waals surface area contributed by atoms with Crippen molar-refractivity contribution in [3.8, 4) is 5.75 Å². The second-order valence-electron chi connectivity index (χ2n) is 5.02. The molecule has 4 nitrogen and oxygen atoms in total. The van der Waals surface area contributed by atoms with Gasteiger partial charge in [0.25, 0.3) is 5.56 Å². The summed E-state index contributed by atoms with van der Waals surface area (Å²) in [5.74, 6) is 0.697. The minimum absolute atomic E-state index is 0.0671. The fraction of sp³-hybridized carbons (Fsp3) is 0.385. The van der Waals surface area contributed by atoms with Gasteiger partial charge in [-0.05, 0) is 6.07 Å². The number of fused-ring (bicyclic) bond motifs is 1. The monoisotopic (exact) mass is 232 g/mol. The molecule has 0 saturated carbocycles. The van der Waals surface area contributed by atoms with Crippen molar-refractivity contribution in [3.05, 3.63) is 40.4 Å². The zero-order valence-electron chi connectivity index (χ0n) is 10.5. The molecule has 0 bridgehead atoms. The summed E-state index contributed by atoms with van der Waals surface area (Å²) in [6, 6.07) is 5.09. The third-order valence-corrected chi connectivity index (χ3v) is 2.64. The summed E-state index contributed by atoms with van der Waals surface area (Å²) in [6.45, 7) is 6.10. The molecule has 2 rings (SSSR count). The molecule has 2 heterocycles. The Hall–Kier alpha value is -1.84. The molecule has 0 aromatic carbocycles.